The summed E-state index contributed by atoms with van der Waals surface area (Å²) in [6.07, 6.45) is 0. The van der Waals surface area contributed by atoms with Gasteiger partial charge in [-0.15, -0.1) is 11.3 Å². The van der Waals surface area contributed by atoms with E-state index in [1.165, 1.54) is 21.6 Å². The van der Waals surface area contributed by atoms with E-state index in [2.05, 4.69) is 10.3 Å². The molecule has 0 spiro atoms. The molecule has 2 amide bonds. The zero-order chi connectivity index (χ0) is 17.5. The number of carbonyl (C=O) groups is 2. The van der Waals surface area contributed by atoms with Gasteiger partial charge < -0.3 is 20.1 Å². The summed E-state index contributed by atoms with van der Waals surface area (Å²) >= 11 is 7.10. The first-order valence-electron chi connectivity index (χ1n) is 6.97. The number of aromatic nitrogens is 1. The smallest absolute Gasteiger partial charge is 0.355 e. The highest BCUT2D eigenvalue weighted by molar-refractivity contribution is 7.09. The van der Waals surface area contributed by atoms with E-state index in [0.717, 1.165) is 0 Å². The van der Waals surface area contributed by atoms with Crippen molar-refractivity contribution in [3.63, 3.8) is 0 Å². The summed E-state index contributed by atoms with van der Waals surface area (Å²) in [5, 5.41) is 14.2. The van der Waals surface area contributed by atoms with Crippen LogP contribution in [-0.4, -0.2) is 47.3 Å². The number of hydrogen-bond donors (Lipinski definition) is 2. The summed E-state index contributed by atoms with van der Waals surface area (Å²) in [4.78, 5) is 28.8. The average molecular weight is 370 g/mol. The predicted molar refractivity (Wildman–Crippen MR) is 91.8 cm³/mol. The highest BCUT2D eigenvalue weighted by Gasteiger charge is 2.17. The van der Waals surface area contributed by atoms with Crippen molar-refractivity contribution in [1.29, 1.82) is 0 Å². The number of methoxy groups -OCH3 is 1. The van der Waals surface area contributed by atoms with Gasteiger partial charge >= 0.3 is 12.0 Å². The fourth-order valence-electron chi connectivity index (χ4n) is 1.87. The van der Waals surface area contributed by atoms with Crippen LogP contribution in [0, 0.1) is 0 Å². The molecule has 2 aromatic rings. The Labute approximate surface area is 147 Å². The molecule has 0 aliphatic heterocycles. The van der Waals surface area contributed by atoms with Crippen molar-refractivity contribution in [2.24, 2.45) is 0 Å². The van der Waals surface area contributed by atoms with E-state index < -0.39 is 5.97 Å². The van der Waals surface area contributed by atoms with Crippen molar-refractivity contribution in [3.05, 3.63) is 45.4 Å². The first-order valence-corrected chi connectivity index (χ1v) is 8.23. The quantitative estimate of drug-likeness (QED) is 0.782. The molecular formula is C15H16ClN3O4S. The van der Waals surface area contributed by atoms with Crippen molar-refractivity contribution >= 4 is 40.6 Å². The summed E-state index contributed by atoms with van der Waals surface area (Å²) in [6, 6.07) is 6.46. The van der Waals surface area contributed by atoms with Crippen LogP contribution in [0.3, 0.4) is 0 Å². The Kier molecular flexibility index (Phi) is 6.53. The van der Waals surface area contributed by atoms with E-state index in [9.17, 15) is 9.59 Å². The molecule has 24 heavy (non-hydrogen) atoms. The van der Waals surface area contributed by atoms with E-state index in [1.807, 2.05) is 0 Å². The van der Waals surface area contributed by atoms with Crippen LogP contribution < -0.4 is 5.32 Å². The Balaban J connectivity index is 2.08. The number of carbonyl (C=O) groups excluding carboxylic acids is 1. The Morgan fingerprint density at radius 2 is 2.25 bits per heavy atom. The van der Waals surface area contributed by atoms with Crippen molar-refractivity contribution in [1.82, 2.24) is 9.88 Å². The molecule has 9 heteroatoms. The summed E-state index contributed by atoms with van der Waals surface area (Å²) in [7, 11) is 1.54. The number of nitrogens with one attached hydrogen (secondary N) is 1. The minimum Gasteiger partial charge on any atom is -0.476 e. The van der Waals surface area contributed by atoms with Crippen molar-refractivity contribution in [3.8, 4) is 0 Å². The largest absolute Gasteiger partial charge is 0.476 e. The van der Waals surface area contributed by atoms with E-state index in [1.54, 1.807) is 31.4 Å². The summed E-state index contributed by atoms with van der Waals surface area (Å²) in [6.45, 7) is 0.874. The number of carboxylic acids is 1. The van der Waals surface area contributed by atoms with Crippen molar-refractivity contribution in [2.45, 2.75) is 6.54 Å². The number of aromatic carboxylic acids is 1. The molecule has 1 aromatic carbocycles. The van der Waals surface area contributed by atoms with Gasteiger partial charge in [0.2, 0.25) is 0 Å². The summed E-state index contributed by atoms with van der Waals surface area (Å²) < 4.78 is 5.02. The monoisotopic (exact) mass is 369 g/mol. The first-order chi connectivity index (χ1) is 11.5. The van der Waals surface area contributed by atoms with Crippen LogP contribution in [0.2, 0.25) is 5.02 Å². The normalized spacial score (nSPS) is 10.4. The van der Waals surface area contributed by atoms with Gasteiger partial charge in [-0.3, -0.25) is 0 Å². The highest BCUT2D eigenvalue weighted by Crippen LogP contribution is 2.17. The second-order valence-corrected chi connectivity index (χ2v) is 6.17. The molecule has 7 nitrogen and oxygen atoms in total. The van der Waals surface area contributed by atoms with Gasteiger partial charge in [0, 0.05) is 29.7 Å². The lowest BCUT2D eigenvalue weighted by Crippen LogP contribution is -2.36. The number of urea groups is 1. The van der Waals surface area contributed by atoms with Crippen LogP contribution in [0.5, 0.6) is 0 Å². The molecular weight excluding hydrogens is 354 g/mol. The van der Waals surface area contributed by atoms with E-state index in [-0.39, 0.29) is 18.3 Å². The lowest BCUT2D eigenvalue weighted by molar-refractivity contribution is 0.0691. The maximum absolute atomic E-state index is 12.5. The van der Waals surface area contributed by atoms with Crippen LogP contribution in [-0.2, 0) is 11.3 Å². The third-order valence-electron chi connectivity index (χ3n) is 3.03. The molecule has 0 radical (unpaired) electrons. The Hall–Kier alpha value is -2.16. The first kappa shape index (κ1) is 18.2. The molecule has 0 fully saturated rings. The minimum atomic E-state index is -1.09. The number of rotatable bonds is 7. The number of thiazole rings is 1. The molecule has 0 unspecified atom stereocenters. The number of anilines is 1. The molecule has 0 atom stereocenters. The van der Waals surface area contributed by atoms with Crippen molar-refractivity contribution < 1.29 is 19.4 Å². The van der Waals surface area contributed by atoms with Crippen LogP contribution >= 0.6 is 22.9 Å². The summed E-state index contributed by atoms with van der Waals surface area (Å²) in [5.74, 6) is -1.09. The van der Waals surface area contributed by atoms with E-state index in [0.29, 0.717) is 28.9 Å². The molecule has 0 aliphatic carbocycles. The van der Waals surface area contributed by atoms with Crippen LogP contribution in [0.4, 0.5) is 10.5 Å². The zero-order valence-corrected chi connectivity index (χ0v) is 14.4. The number of amides is 2. The van der Waals surface area contributed by atoms with Gasteiger partial charge in [-0.2, -0.15) is 0 Å². The van der Waals surface area contributed by atoms with E-state index >= 15 is 0 Å². The van der Waals surface area contributed by atoms with Gasteiger partial charge in [-0.05, 0) is 18.2 Å². The Bertz CT molecular complexity index is 722. The molecule has 0 saturated carbocycles. The second-order valence-electron chi connectivity index (χ2n) is 4.79. The Morgan fingerprint density at radius 3 is 2.88 bits per heavy atom. The molecule has 128 valence electrons. The molecule has 0 aliphatic rings. The maximum Gasteiger partial charge on any atom is 0.355 e. The number of benzene rings is 1. The molecule has 2 rings (SSSR count). The summed E-state index contributed by atoms with van der Waals surface area (Å²) in [5.41, 5.74) is 0.539. The van der Waals surface area contributed by atoms with Crippen molar-refractivity contribution in [2.75, 3.05) is 25.6 Å². The highest BCUT2D eigenvalue weighted by atomic mass is 35.5. The predicted octanol–water partition coefficient (Wildman–Crippen LogP) is 3.18. The van der Waals surface area contributed by atoms with Crippen LogP contribution in [0.15, 0.2) is 29.6 Å². The fraction of sp³-hybridized carbons (Fsp3) is 0.267. The third kappa shape index (κ3) is 5.19. The van der Waals surface area contributed by atoms with E-state index in [4.69, 9.17) is 21.4 Å². The Morgan fingerprint density at radius 1 is 1.46 bits per heavy atom. The third-order valence-corrected chi connectivity index (χ3v) is 4.09. The molecule has 1 heterocycles. The fourth-order valence-corrected chi connectivity index (χ4v) is 2.84. The van der Waals surface area contributed by atoms with Crippen LogP contribution in [0.25, 0.3) is 0 Å². The average Bonchev–Trinajstić information content (AvgIpc) is 3.00. The molecule has 0 saturated heterocycles. The number of ether oxygens (including phenoxy) is 1. The van der Waals surface area contributed by atoms with Gasteiger partial charge in [0.15, 0.2) is 5.69 Å². The minimum absolute atomic E-state index is 0.0306. The number of hydrogen-bond acceptors (Lipinski definition) is 5. The van der Waals surface area contributed by atoms with Gasteiger partial charge in [-0.25, -0.2) is 14.6 Å². The topological polar surface area (TPSA) is 91.8 Å². The lowest BCUT2D eigenvalue weighted by Gasteiger charge is -2.21. The van der Waals surface area contributed by atoms with Gasteiger partial charge in [0.25, 0.3) is 0 Å². The lowest BCUT2D eigenvalue weighted by atomic mass is 10.3. The van der Waals surface area contributed by atoms with Crippen LogP contribution in [0.1, 0.15) is 15.5 Å². The maximum atomic E-state index is 12.5. The molecule has 1 aromatic heterocycles. The van der Waals surface area contributed by atoms with Gasteiger partial charge in [0.1, 0.15) is 5.01 Å². The van der Waals surface area contributed by atoms with Gasteiger partial charge in [0.05, 0.1) is 13.2 Å². The zero-order valence-electron chi connectivity index (χ0n) is 12.9. The number of carboxylic acid groups (broad SMARTS) is 1. The number of nitrogens with zero attached hydrogens (tertiary/aromatic N) is 2. The number of halogens is 1. The van der Waals surface area contributed by atoms with Gasteiger partial charge in [-0.1, -0.05) is 17.7 Å². The standard InChI is InChI=1S/C15H16ClN3O4S/c1-23-6-5-19(8-13-18-12(9-24-13)14(20)21)15(22)17-11-4-2-3-10(16)7-11/h2-4,7,9H,5-6,8H2,1H3,(H,17,22)(H,20,21). The SMILES string of the molecule is COCCN(Cc1nc(C(=O)O)cs1)C(=O)Nc1cccc(Cl)c1. The molecule has 2 N–H and O–H groups in total. The molecule has 0 bridgehead atoms. The second kappa shape index (κ2) is 8.62.